The lowest BCUT2D eigenvalue weighted by Crippen LogP contribution is -2.45. The van der Waals surface area contributed by atoms with Gasteiger partial charge in [0.05, 0.1) is 6.42 Å². The lowest BCUT2D eigenvalue weighted by molar-refractivity contribution is -0.266. The number of aryl methyl sites for hydroxylation is 1. The molecule has 1 unspecified atom stereocenters. The van der Waals surface area contributed by atoms with Crippen molar-refractivity contribution in [3.8, 4) is 0 Å². The predicted molar refractivity (Wildman–Crippen MR) is 97.8 cm³/mol. The fourth-order valence-electron chi connectivity index (χ4n) is 2.51. The summed E-state index contributed by atoms with van der Waals surface area (Å²) < 4.78 is 40.3. The van der Waals surface area contributed by atoms with Crippen LogP contribution < -0.4 is 10.6 Å². The molecule has 1 atom stereocenters. The molecule has 3 N–H and O–H groups in total. The first-order chi connectivity index (χ1) is 13.1. The zero-order chi connectivity index (χ0) is 20.5. The van der Waals surface area contributed by atoms with E-state index >= 15 is 0 Å². The van der Waals surface area contributed by atoms with Crippen LogP contribution in [0.2, 0.25) is 0 Å². The van der Waals surface area contributed by atoms with E-state index in [0.29, 0.717) is 22.7 Å². The van der Waals surface area contributed by atoms with Crippen molar-refractivity contribution in [1.29, 1.82) is 0 Å². The highest BCUT2D eigenvalue weighted by molar-refractivity contribution is 7.09. The number of hydrogen-bond donors (Lipinski definition) is 3. The van der Waals surface area contributed by atoms with Gasteiger partial charge in [-0.1, -0.05) is 0 Å². The van der Waals surface area contributed by atoms with Crippen LogP contribution in [-0.4, -0.2) is 28.1 Å². The Bertz CT molecular complexity index is 878. The van der Waals surface area contributed by atoms with E-state index < -0.39 is 29.1 Å². The third-order valence-electron chi connectivity index (χ3n) is 4.24. The molecule has 1 heterocycles. The van der Waals surface area contributed by atoms with Gasteiger partial charge in [-0.05, 0) is 44.0 Å². The molecule has 1 saturated carbocycles. The Kier molecular flexibility index (Phi) is 5.44. The number of carbonyl (C=O) groups is 2. The molecule has 0 spiro atoms. The molecule has 3 rings (SSSR count). The molecule has 150 valence electrons. The van der Waals surface area contributed by atoms with Gasteiger partial charge < -0.3 is 15.7 Å². The molecule has 1 aliphatic rings. The highest BCUT2D eigenvalue weighted by Crippen LogP contribution is 2.43. The lowest BCUT2D eigenvalue weighted by atomic mass is 9.99. The molecular weight excluding hydrogens is 395 g/mol. The summed E-state index contributed by atoms with van der Waals surface area (Å²) in [5.41, 5.74) is -2.27. The standard InChI is InChI=1S/C18H18F3N3O3S/c1-10-9-28-16(22-10)17(27,18(19,20)21)8-14(25)23-12-4-6-13(7-5-12)24-15(26)11-2-3-11/h4-7,9,11,27H,2-3,8H2,1H3,(H,23,25)(H,24,26). The van der Waals surface area contributed by atoms with E-state index in [1.165, 1.54) is 36.6 Å². The Morgan fingerprint density at radius 3 is 2.21 bits per heavy atom. The van der Waals surface area contributed by atoms with Crippen LogP contribution in [-0.2, 0) is 15.2 Å². The average Bonchev–Trinajstić information content (AvgIpc) is 3.36. The number of carbonyl (C=O) groups excluding carboxylic acids is 2. The van der Waals surface area contributed by atoms with Crippen LogP contribution in [0.1, 0.15) is 30.0 Å². The first-order valence-corrected chi connectivity index (χ1v) is 9.39. The zero-order valence-corrected chi connectivity index (χ0v) is 15.7. The van der Waals surface area contributed by atoms with Crippen molar-refractivity contribution in [2.45, 2.75) is 38.0 Å². The molecule has 6 nitrogen and oxygen atoms in total. The Morgan fingerprint density at radius 1 is 1.18 bits per heavy atom. The van der Waals surface area contributed by atoms with E-state index in [2.05, 4.69) is 15.6 Å². The largest absolute Gasteiger partial charge is 0.424 e. The minimum atomic E-state index is -5.06. The van der Waals surface area contributed by atoms with Gasteiger partial charge in [0.2, 0.25) is 17.4 Å². The first kappa shape index (κ1) is 20.3. The van der Waals surface area contributed by atoms with Crippen LogP contribution in [0.15, 0.2) is 29.6 Å². The number of aliphatic hydroxyl groups is 1. The Hall–Kier alpha value is -2.46. The van der Waals surface area contributed by atoms with Crippen LogP contribution in [0.3, 0.4) is 0 Å². The van der Waals surface area contributed by atoms with Gasteiger partial charge in [0, 0.05) is 28.4 Å². The fraction of sp³-hybridized carbons (Fsp3) is 0.389. The Morgan fingerprint density at radius 2 is 1.75 bits per heavy atom. The maximum atomic E-state index is 13.4. The molecule has 0 aliphatic heterocycles. The molecule has 1 aromatic carbocycles. The fourth-order valence-corrected chi connectivity index (χ4v) is 3.42. The molecule has 2 amide bonds. The van der Waals surface area contributed by atoms with E-state index in [-0.39, 0.29) is 17.5 Å². The Balaban J connectivity index is 1.66. The number of anilines is 2. The summed E-state index contributed by atoms with van der Waals surface area (Å²) in [6.07, 6.45) is -4.56. The summed E-state index contributed by atoms with van der Waals surface area (Å²) in [5, 5.41) is 16.0. The SMILES string of the molecule is Cc1csc(C(O)(CC(=O)Nc2ccc(NC(=O)C3CC3)cc2)C(F)(F)F)n1. The predicted octanol–water partition coefficient (Wildman–Crippen LogP) is 3.58. The number of nitrogens with one attached hydrogen (secondary N) is 2. The number of thiazole rings is 1. The van der Waals surface area contributed by atoms with Crippen LogP contribution in [0.25, 0.3) is 0 Å². The summed E-state index contributed by atoms with van der Waals surface area (Å²) in [4.78, 5) is 27.6. The van der Waals surface area contributed by atoms with Gasteiger partial charge in [0.1, 0.15) is 5.01 Å². The van der Waals surface area contributed by atoms with Crippen molar-refractivity contribution >= 4 is 34.5 Å². The van der Waals surface area contributed by atoms with E-state index in [1.807, 2.05) is 0 Å². The van der Waals surface area contributed by atoms with Crippen molar-refractivity contribution in [2.75, 3.05) is 10.6 Å². The quantitative estimate of drug-likeness (QED) is 0.675. The number of amides is 2. The monoisotopic (exact) mass is 413 g/mol. The highest BCUT2D eigenvalue weighted by atomic mass is 32.1. The van der Waals surface area contributed by atoms with Crippen molar-refractivity contribution < 1.29 is 27.9 Å². The average molecular weight is 413 g/mol. The number of rotatable bonds is 6. The molecule has 1 aromatic heterocycles. The molecule has 1 aliphatic carbocycles. The zero-order valence-electron chi connectivity index (χ0n) is 14.8. The smallest absolute Gasteiger partial charge is 0.374 e. The van der Waals surface area contributed by atoms with Crippen molar-refractivity contribution in [3.63, 3.8) is 0 Å². The minimum Gasteiger partial charge on any atom is -0.374 e. The summed E-state index contributed by atoms with van der Waals surface area (Å²) >= 11 is 0.645. The summed E-state index contributed by atoms with van der Waals surface area (Å²) in [7, 11) is 0. The van der Waals surface area contributed by atoms with Gasteiger partial charge in [-0.15, -0.1) is 11.3 Å². The van der Waals surface area contributed by atoms with Crippen molar-refractivity contribution in [1.82, 2.24) is 4.98 Å². The highest BCUT2D eigenvalue weighted by Gasteiger charge is 2.58. The molecule has 2 aromatic rings. The van der Waals surface area contributed by atoms with E-state index in [9.17, 15) is 27.9 Å². The number of hydrogen-bond acceptors (Lipinski definition) is 5. The summed E-state index contributed by atoms with van der Waals surface area (Å²) in [6.45, 7) is 1.50. The maximum Gasteiger partial charge on any atom is 0.424 e. The molecule has 1 fully saturated rings. The second-order valence-electron chi connectivity index (χ2n) is 6.72. The number of halogens is 3. The minimum absolute atomic E-state index is 0.0360. The third kappa shape index (κ3) is 4.50. The summed E-state index contributed by atoms with van der Waals surface area (Å²) in [5.74, 6) is -1.05. The van der Waals surface area contributed by atoms with Gasteiger partial charge in [0.25, 0.3) is 0 Å². The van der Waals surface area contributed by atoms with Crippen LogP contribution in [0.4, 0.5) is 24.5 Å². The number of nitrogens with zero attached hydrogens (tertiary/aromatic N) is 1. The van der Waals surface area contributed by atoms with E-state index in [0.717, 1.165) is 12.8 Å². The van der Waals surface area contributed by atoms with Crippen LogP contribution in [0, 0.1) is 12.8 Å². The third-order valence-corrected chi connectivity index (χ3v) is 5.35. The number of alkyl halides is 3. The van der Waals surface area contributed by atoms with Gasteiger partial charge >= 0.3 is 6.18 Å². The number of aromatic nitrogens is 1. The molecule has 0 bridgehead atoms. The second kappa shape index (κ2) is 7.51. The summed E-state index contributed by atoms with van der Waals surface area (Å²) in [6, 6.07) is 5.99. The molecule has 0 radical (unpaired) electrons. The topological polar surface area (TPSA) is 91.3 Å². The molecule has 0 saturated heterocycles. The lowest BCUT2D eigenvalue weighted by Gasteiger charge is -2.27. The number of benzene rings is 1. The molecule has 28 heavy (non-hydrogen) atoms. The van der Waals surface area contributed by atoms with Crippen LogP contribution in [0.5, 0.6) is 0 Å². The van der Waals surface area contributed by atoms with Gasteiger partial charge in [-0.2, -0.15) is 13.2 Å². The van der Waals surface area contributed by atoms with Crippen molar-refractivity contribution in [2.24, 2.45) is 5.92 Å². The van der Waals surface area contributed by atoms with Crippen molar-refractivity contribution in [3.05, 3.63) is 40.3 Å². The van der Waals surface area contributed by atoms with Gasteiger partial charge in [0.15, 0.2) is 0 Å². The van der Waals surface area contributed by atoms with E-state index in [4.69, 9.17) is 0 Å². The first-order valence-electron chi connectivity index (χ1n) is 8.51. The normalized spacial score (nSPS) is 16.3. The van der Waals surface area contributed by atoms with Gasteiger partial charge in [-0.3, -0.25) is 9.59 Å². The Labute approximate surface area is 162 Å². The molecular formula is C18H18F3N3O3S. The second-order valence-corrected chi connectivity index (χ2v) is 7.58. The maximum absolute atomic E-state index is 13.4. The van der Waals surface area contributed by atoms with Gasteiger partial charge in [-0.25, -0.2) is 4.98 Å². The van der Waals surface area contributed by atoms with E-state index in [1.54, 1.807) is 0 Å². The van der Waals surface area contributed by atoms with Crippen LogP contribution >= 0.6 is 11.3 Å². The molecule has 10 heteroatoms.